The van der Waals surface area contributed by atoms with Gasteiger partial charge in [-0.25, -0.2) is 0 Å². The third kappa shape index (κ3) is 6.08. The number of hydrogen-bond acceptors (Lipinski definition) is 7. The number of benzene rings is 2. The zero-order valence-corrected chi connectivity index (χ0v) is 19.6. The van der Waals surface area contributed by atoms with Crippen molar-refractivity contribution in [3.63, 3.8) is 0 Å². The van der Waals surface area contributed by atoms with Gasteiger partial charge in [-0.1, -0.05) is 29.4 Å². The minimum atomic E-state index is -0.492. The number of hydrogen-bond donors (Lipinski definition) is 2. The van der Waals surface area contributed by atoms with Gasteiger partial charge < -0.3 is 15.2 Å². The number of nitrogens with one attached hydrogen (secondary N) is 2. The van der Waals surface area contributed by atoms with Gasteiger partial charge in [0.05, 0.1) is 16.7 Å². The van der Waals surface area contributed by atoms with Crippen LogP contribution in [0, 0.1) is 17.0 Å². The summed E-state index contributed by atoms with van der Waals surface area (Å²) >= 11 is 7.01. The van der Waals surface area contributed by atoms with Crippen LogP contribution in [0.25, 0.3) is 0 Å². The summed E-state index contributed by atoms with van der Waals surface area (Å²) in [4.78, 5) is 35.3. The highest BCUT2D eigenvalue weighted by Gasteiger charge is 2.19. The number of amides is 2. The molecule has 0 radical (unpaired) electrons. The summed E-state index contributed by atoms with van der Waals surface area (Å²) in [5, 5.41) is 25.8. The minimum Gasteiger partial charge on any atom is -0.342 e. The summed E-state index contributed by atoms with van der Waals surface area (Å²) in [6.07, 6.45) is 0. The van der Waals surface area contributed by atoms with Crippen LogP contribution in [-0.4, -0.2) is 37.3 Å². The van der Waals surface area contributed by atoms with Gasteiger partial charge in [-0.15, -0.1) is 10.2 Å². The van der Waals surface area contributed by atoms with Crippen LogP contribution in [0.15, 0.2) is 47.6 Å². The van der Waals surface area contributed by atoms with Crippen molar-refractivity contribution in [2.75, 3.05) is 11.1 Å². The summed E-state index contributed by atoms with van der Waals surface area (Å²) < 4.78 is 1.70. The molecule has 0 aliphatic heterocycles. The standard InChI is InChI=1S/C21H21ClN6O4S/c1-12-4-9-16(10-17(12)28(31)32)24-18(29)11-33-21-26-25-19(27(21)3)13(2)23-20(30)14-5-7-15(22)8-6-14/h4-10,13H,11H2,1-3H3,(H,23,30)(H,24,29). The predicted molar refractivity (Wildman–Crippen MR) is 126 cm³/mol. The molecule has 0 bridgehead atoms. The minimum absolute atomic E-state index is 0.0269. The van der Waals surface area contributed by atoms with E-state index in [4.69, 9.17) is 11.6 Å². The molecule has 2 N–H and O–H groups in total. The second kappa shape index (κ2) is 10.5. The van der Waals surface area contributed by atoms with Crippen molar-refractivity contribution in [1.29, 1.82) is 0 Å². The van der Waals surface area contributed by atoms with Crippen LogP contribution in [0.3, 0.4) is 0 Å². The number of nitrogens with zero attached hydrogens (tertiary/aromatic N) is 4. The van der Waals surface area contributed by atoms with E-state index in [1.807, 2.05) is 0 Å². The molecule has 12 heteroatoms. The van der Waals surface area contributed by atoms with Crippen molar-refractivity contribution in [3.8, 4) is 0 Å². The molecule has 1 aromatic heterocycles. The molecular formula is C21H21ClN6O4S. The second-order valence-corrected chi connectivity index (χ2v) is 8.58. The Morgan fingerprint density at radius 2 is 1.91 bits per heavy atom. The first-order chi connectivity index (χ1) is 15.7. The maximum absolute atomic E-state index is 12.4. The fraction of sp³-hybridized carbons (Fsp3) is 0.238. The van der Waals surface area contributed by atoms with E-state index in [0.717, 1.165) is 11.8 Å². The number of aromatic nitrogens is 3. The number of halogens is 1. The molecule has 0 saturated carbocycles. The number of carbonyl (C=O) groups excluding carboxylic acids is 2. The number of anilines is 1. The van der Waals surface area contributed by atoms with E-state index in [2.05, 4.69) is 20.8 Å². The fourth-order valence-electron chi connectivity index (χ4n) is 2.99. The van der Waals surface area contributed by atoms with Gasteiger partial charge in [0.2, 0.25) is 5.91 Å². The van der Waals surface area contributed by atoms with Gasteiger partial charge in [0.1, 0.15) is 0 Å². The van der Waals surface area contributed by atoms with E-state index in [1.165, 1.54) is 6.07 Å². The molecule has 3 rings (SSSR count). The lowest BCUT2D eigenvalue weighted by atomic mass is 10.2. The van der Waals surface area contributed by atoms with Gasteiger partial charge in [-0.05, 0) is 44.2 Å². The van der Waals surface area contributed by atoms with Crippen molar-refractivity contribution in [2.45, 2.75) is 25.0 Å². The monoisotopic (exact) mass is 488 g/mol. The number of carbonyl (C=O) groups is 2. The molecule has 1 atom stereocenters. The average Bonchev–Trinajstić information content (AvgIpc) is 3.14. The quantitative estimate of drug-likeness (QED) is 0.279. The van der Waals surface area contributed by atoms with E-state index < -0.39 is 11.0 Å². The zero-order valence-electron chi connectivity index (χ0n) is 18.0. The van der Waals surface area contributed by atoms with Crippen LogP contribution < -0.4 is 10.6 Å². The van der Waals surface area contributed by atoms with Gasteiger partial charge >= 0.3 is 0 Å². The van der Waals surface area contributed by atoms with E-state index in [0.29, 0.717) is 32.8 Å². The molecule has 0 fully saturated rings. The van der Waals surface area contributed by atoms with E-state index in [9.17, 15) is 19.7 Å². The molecule has 2 aromatic carbocycles. The van der Waals surface area contributed by atoms with Crippen molar-refractivity contribution in [3.05, 3.63) is 74.6 Å². The number of nitro groups is 1. The first kappa shape index (κ1) is 24.2. The van der Waals surface area contributed by atoms with Crippen molar-refractivity contribution < 1.29 is 14.5 Å². The van der Waals surface area contributed by atoms with Gasteiger partial charge in [-0.3, -0.25) is 19.7 Å². The Bertz CT molecular complexity index is 1200. The zero-order chi connectivity index (χ0) is 24.1. The molecule has 0 spiro atoms. The lowest BCUT2D eigenvalue weighted by Gasteiger charge is -2.13. The Morgan fingerprint density at radius 3 is 2.58 bits per heavy atom. The Balaban J connectivity index is 1.58. The molecule has 172 valence electrons. The van der Waals surface area contributed by atoms with Gasteiger partial charge in [-0.2, -0.15) is 0 Å². The van der Waals surface area contributed by atoms with Gasteiger partial charge in [0.15, 0.2) is 11.0 Å². The lowest BCUT2D eigenvalue weighted by molar-refractivity contribution is -0.385. The second-order valence-electron chi connectivity index (χ2n) is 7.20. The molecule has 0 aliphatic carbocycles. The first-order valence-electron chi connectivity index (χ1n) is 9.79. The smallest absolute Gasteiger partial charge is 0.274 e. The molecule has 1 heterocycles. The SMILES string of the molecule is Cc1ccc(NC(=O)CSc2nnc(C(C)NC(=O)c3ccc(Cl)cc3)n2C)cc1[N+](=O)[O-]. The molecule has 10 nitrogen and oxygen atoms in total. The number of aryl methyl sites for hydroxylation is 1. The van der Waals surface area contributed by atoms with E-state index in [-0.39, 0.29) is 23.3 Å². The maximum Gasteiger partial charge on any atom is 0.274 e. The highest BCUT2D eigenvalue weighted by atomic mass is 35.5. The van der Waals surface area contributed by atoms with Crippen LogP contribution in [0.1, 0.15) is 34.7 Å². The van der Waals surface area contributed by atoms with E-state index in [1.54, 1.807) is 61.9 Å². The van der Waals surface area contributed by atoms with Crippen LogP contribution in [0.4, 0.5) is 11.4 Å². The third-order valence-electron chi connectivity index (χ3n) is 4.73. The molecule has 2 amide bonds. The fourth-order valence-corrected chi connectivity index (χ4v) is 3.83. The molecule has 33 heavy (non-hydrogen) atoms. The Labute approximate surface area is 198 Å². The number of thioether (sulfide) groups is 1. The summed E-state index contributed by atoms with van der Waals surface area (Å²) in [6.45, 7) is 3.41. The van der Waals surface area contributed by atoms with Gasteiger partial charge in [0, 0.05) is 35.0 Å². The molecule has 3 aromatic rings. The average molecular weight is 489 g/mol. The predicted octanol–water partition coefficient (Wildman–Crippen LogP) is 3.91. The lowest BCUT2D eigenvalue weighted by Crippen LogP contribution is -2.28. The van der Waals surface area contributed by atoms with Crippen molar-refractivity contribution >= 4 is 46.6 Å². The van der Waals surface area contributed by atoms with Crippen LogP contribution in [-0.2, 0) is 11.8 Å². The van der Waals surface area contributed by atoms with Crippen molar-refractivity contribution in [1.82, 2.24) is 20.1 Å². The molecule has 0 saturated heterocycles. The Kier molecular flexibility index (Phi) is 7.67. The Hall–Kier alpha value is -3.44. The molecular weight excluding hydrogens is 468 g/mol. The normalized spacial score (nSPS) is 11.6. The van der Waals surface area contributed by atoms with Crippen LogP contribution >= 0.6 is 23.4 Å². The Morgan fingerprint density at radius 1 is 1.21 bits per heavy atom. The third-order valence-corrected chi connectivity index (χ3v) is 6.00. The summed E-state index contributed by atoms with van der Waals surface area (Å²) in [7, 11) is 1.74. The summed E-state index contributed by atoms with van der Waals surface area (Å²) in [5.41, 5.74) is 1.26. The molecule has 1 unspecified atom stereocenters. The summed E-state index contributed by atoms with van der Waals surface area (Å²) in [5.74, 6) is -0.0665. The van der Waals surface area contributed by atoms with Crippen LogP contribution in [0.2, 0.25) is 5.02 Å². The summed E-state index contributed by atoms with van der Waals surface area (Å²) in [6, 6.07) is 10.6. The van der Waals surface area contributed by atoms with Crippen molar-refractivity contribution in [2.24, 2.45) is 7.05 Å². The van der Waals surface area contributed by atoms with Gasteiger partial charge in [0.25, 0.3) is 11.6 Å². The number of rotatable bonds is 8. The topological polar surface area (TPSA) is 132 Å². The molecule has 0 aliphatic rings. The highest BCUT2D eigenvalue weighted by molar-refractivity contribution is 7.99. The number of nitro benzene ring substituents is 1. The van der Waals surface area contributed by atoms with E-state index >= 15 is 0 Å². The first-order valence-corrected chi connectivity index (χ1v) is 11.2. The largest absolute Gasteiger partial charge is 0.342 e. The highest BCUT2D eigenvalue weighted by Crippen LogP contribution is 2.23. The maximum atomic E-state index is 12.4. The van der Waals surface area contributed by atoms with Crippen LogP contribution in [0.5, 0.6) is 0 Å².